The molecule has 2 fully saturated rings. The van der Waals surface area contributed by atoms with E-state index in [2.05, 4.69) is 10.6 Å². The van der Waals surface area contributed by atoms with E-state index in [0.29, 0.717) is 12.8 Å². The van der Waals surface area contributed by atoms with Gasteiger partial charge >= 0.3 is 12.1 Å². The normalized spacial score (nSPS) is 32.8. The number of nitrogens with zero attached hydrogens (tertiary/aromatic N) is 2. The third-order valence-electron chi connectivity index (χ3n) is 4.76. The molecule has 2 aliphatic heterocycles. The minimum absolute atomic E-state index is 0.107. The van der Waals surface area contributed by atoms with Crippen LogP contribution in [0.25, 0.3) is 0 Å². The van der Waals surface area contributed by atoms with E-state index in [9.17, 15) is 19.2 Å². The molecule has 0 saturated carbocycles. The van der Waals surface area contributed by atoms with E-state index in [-0.39, 0.29) is 18.5 Å². The highest BCUT2D eigenvalue weighted by Gasteiger charge is 2.54. The lowest BCUT2D eigenvalue weighted by Crippen LogP contribution is -2.56. The molecule has 0 radical (unpaired) electrons. The molecule has 8 heteroatoms. The molecule has 0 aromatic heterocycles. The Morgan fingerprint density at radius 1 is 0.810 bits per heavy atom. The third-order valence-corrected chi connectivity index (χ3v) is 4.76. The summed E-state index contributed by atoms with van der Waals surface area (Å²) in [4.78, 5) is 50.5. The third kappa shape index (κ3) is 1.97. The highest BCUT2D eigenvalue weighted by molar-refractivity contribution is 6.08. The topological polar surface area (TPSA) is 98.8 Å². The summed E-state index contributed by atoms with van der Waals surface area (Å²) in [6, 6.07) is -1.09. The predicted molar refractivity (Wildman–Crippen MR) is 73.0 cm³/mol. The summed E-state index contributed by atoms with van der Waals surface area (Å²) in [7, 11) is 0. The zero-order chi connectivity index (χ0) is 16.0. The molecule has 6 amide bonds. The monoisotopic (exact) mass is 296 g/mol. The summed E-state index contributed by atoms with van der Waals surface area (Å²) < 4.78 is 0. The minimum Gasteiger partial charge on any atom is -0.292 e. The van der Waals surface area contributed by atoms with Gasteiger partial charge in [0.1, 0.15) is 17.7 Å². The molecule has 2 N–H and O–H groups in total. The van der Waals surface area contributed by atoms with Crippen LogP contribution in [0, 0.1) is 0 Å². The van der Waals surface area contributed by atoms with Crippen LogP contribution >= 0.6 is 0 Å². The first-order valence-corrected chi connectivity index (χ1v) is 6.96. The van der Waals surface area contributed by atoms with Crippen LogP contribution in [0.3, 0.4) is 0 Å². The standard InChI is InChI=1S/C13H20N4O4/c1-5-12(3)8(18)14-10(20)16(12)7-17-11(21)15-9(19)13(17,4)6-2/h5-7H2,1-4H3,(H,14,18,20)(H,15,19,21). The molecule has 0 bridgehead atoms. The van der Waals surface area contributed by atoms with Crippen LogP contribution in [0.15, 0.2) is 0 Å². The largest absolute Gasteiger partial charge is 0.326 e. The van der Waals surface area contributed by atoms with Crippen molar-refractivity contribution < 1.29 is 19.2 Å². The molecule has 2 rings (SSSR count). The lowest BCUT2D eigenvalue weighted by atomic mass is 9.96. The Kier molecular flexibility index (Phi) is 3.43. The highest BCUT2D eigenvalue weighted by Crippen LogP contribution is 2.30. The van der Waals surface area contributed by atoms with E-state index in [1.54, 1.807) is 27.7 Å². The van der Waals surface area contributed by atoms with E-state index >= 15 is 0 Å². The lowest BCUT2D eigenvalue weighted by Gasteiger charge is -2.38. The van der Waals surface area contributed by atoms with Crippen molar-refractivity contribution in [3.05, 3.63) is 0 Å². The lowest BCUT2D eigenvalue weighted by molar-refractivity contribution is -0.128. The molecule has 2 heterocycles. The van der Waals surface area contributed by atoms with Gasteiger partial charge in [0.15, 0.2) is 0 Å². The number of amides is 6. The molecule has 0 spiro atoms. The van der Waals surface area contributed by atoms with Crippen molar-refractivity contribution in [1.82, 2.24) is 20.4 Å². The van der Waals surface area contributed by atoms with E-state index in [0.717, 1.165) is 0 Å². The summed E-state index contributed by atoms with van der Waals surface area (Å²) in [6.45, 7) is 6.77. The predicted octanol–water partition coefficient (Wildman–Crippen LogP) is 0.385. The first kappa shape index (κ1) is 15.3. The van der Waals surface area contributed by atoms with Gasteiger partial charge in [-0.1, -0.05) is 13.8 Å². The number of hydrogen-bond acceptors (Lipinski definition) is 4. The number of imide groups is 2. The first-order chi connectivity index (χ1) is 9.70. The highest BCUT2D eigenvalue weighted by atomic mass is 16.2. The summed E-state index contributed by atoms with van der Waals surface area (Å²) >= 11 is 0. The molecule has 2 aliphatic rings. The molecule has 0 aromatic rings. The number of hydrogen-bond donors (Lipinski definition) is 2. The maximum atomic E-state index is 12.0. The van der Waals surface area contributed by atoms with Crippen LogP contribution in [0.2, 0.25) is 0 Å². The summed E-state index contributed by atoms with van der Waals surface area (Å²) in [5.74, 6) is -0.779. The molecule has 116 valence electrons. The van der Waals surface area contributed by atoms with Crippen molar-refractivity contribution >= 4 is 23.9 Å². The molecule has 2 unspecified atom stereocenters. The van der Waals surface area contributed by atoms with Crippen LogP contribution in [0.5, 0.6) is 0 Å². The number of rotatable bonds is 4. The maximum Gasteiger partial charge on any atom is 0.326 e. The van der Waals surface area contributed by atoms with Gasteiger partial charge in [-0.25, -0.2) is 9.59 Å². The fraction of sp³-hybridized carbons (Fsp3) is 0.692. The van der Waals surface area contributed by atoms with Gasteiger partial charge in [-0.15, -0.1) is 0 Å². The van der Waals surface area contributed by atoms with Gasteiger partial charge in [0.2, 0.25) is 0 Å². The van der Waals surface area contributed by atoms with Gasteiger partial charge in [-0.3, -0.25) is 30.0 Å². The van der Waals surface area contributed by atoms with Crippen molar-refractivity contribution in [1.29, 1.82) is 0 Å². The van der Waals surface area contributed by atoms with E-state index in [4.69, 9.17) is 0 Å². The second kappa shape index (κ2) is 4.71. The van der Waals surface area contributed by atoms with E-state index in [1.165, 1.54) is 9.80 Å². The number of nitrogens with one attached hydrogen (secondary N) is 2. The molecule has 21 heavy (non-hydrogen) atoms. The Bertz CT molecular complexity index is 488. The quantitative estimate of drug-likeness (QED) is 0.733. The van der Waals surface area contributed by atoms with Crippen molar-refractivity contribution in [3.8, 4) is 0 Å². The second-order valence-electron chi connectivity index (χ2n) is 5.77. The van der Waals surface area contributed by atoms with Gasteiger partial charge < -0.3 is 0 Å². The van der Waals surface area contributed by atoms with Crippen LogP contribution in [0.4, 0.5) is 9.59 Å². The zero-order valence-corrected chi connectivity index (χ0v) is 12.6. The number of carbonyl (C=O) groups is 4. The van der Waals surface area contributed by atoms with Crippen LogP contribution in [0.1, 0.15) is 40.5 Å². The van der Waals surface area contributed by atoms with Crippen molar-refractivity contribution in [3.63, 3.8) is 0 Å². The molecule has 0 aromatic carbocycles. The number of urea groups is 2. The fourth-order valence-electron chi connectivity index (χ4n) is 2.58. The Morgan fingerprint density at radius 3 is 1.43 bits per heavy atom. The van der Waals surface area contributed by atoms with Crippen LogP contribution in [-0.2, 0) is 9.59 Å². The summed E-state index contributed by atoms with van der Waals surface area (Å²) in [5.41, 5.74) is -2.03. The number of carbonyl (C=O) groups excluding carboxylic acids is 4. The summed E-state index contributed by atoms with van der Waals surface area (Å²) in [6.07, 6.45) is 0.827. The maximum absolute atomic E-state index is 12.0. The molecule has 2 atom stereocenters. The molecule has 0 aliphatic carbocycles. The molecular weight excluding hydrogens is 276 g/mol. The zero-order valence-electron chi connectivity index (χ0n) is 12.6. The Morgan fingerprint density at radius 2 is 1.14 bits per heavy atom. The average Bonchev–Trinajstić information content (AvgIpc) is 2.78. The van der Waals surface area contributed by atoms with Crippen molar-refractivity contribution in [2.24, 2.45) is 0 Å². The molecule has 8 nitrogen and oxygen atoms in total. The Labute approximate surface area is 122 Å². The Balaban J connectivity index is 2.32. The minimum atomic E-state index is -1.02. The fourth-order valence-corrected chi connectivity index (χ4v) is 2.58. The summed E-state index contributed by atoms with van der Waals surface area (Å²) in [5, 5.41) is 4.52. The molecular formula is C13H20N4O4. The van der Waals surface area contributed by atoms with Gasteiger partial charge in [0.05, 0.1) is 0 Å². The van der Waals surface area contributed by atoms with Gasteiger partial charge in [-0.05, 0) is 26.7 Å². The van der Waals surface area contributed by atoms with Crippen molar-refractivity contribution in [2.45, 2.75) is 51.6 Å². The molecule has 2 saturated heterocycles. The van der Waals surface area contributed by atoms with Gasteiger partial charge in [-0.2, -0.15) is 0 Å². The van der Waals surface area contributed by atoms with E-state index in [1.807, 2.05) is 0 Å². The van der Waals surface area contributed by atoms with Crippen molar-refractivity contribution in [2.75, 3.05) is 6.67 Å². The van der Waals surface area contributed by atoms with Gasteiger partial charge in [0, 0.05) is 0 Å². The second-order valence-corrected chi connectivity index (χ2v) is 5.77. The SMILES string of the molecule is CCC1(C)C(=O)NC(=O)N1CN1C(=O)NC(=O)C1(C)CC. The van der Waals surface area contributed by atoms with E-state index < -0.39 is 23.1 Å². The van der Waals surface area contributed by atoms with Crippen LogP contribution < -0.4 is 10.6 Å². The first-order valence-electron chi connectivity index (χ1n) is 6.96. The van der Waals surface area contributed by atoms with Gasteiger partial charge in [0.25, 0.3) is 11.8 Å². The average molecular weight is 296 g/mol. The van der Waals surface area contributed by atoms with Crippen LogP contribution in [-0.4, -0.2) is 51.4 Å². The Hall–Kier alpha value is -2.12. The smallest absolute Gasteiger partial charge is 0.292 e.